The Morgan fingerprint density at radius 3 is 2.50 bits per heavy atom. The Hall–Kier alpha value is -0.910. The number of rotatable bonds is 8. The smallest absolute Gasteiger partial charge is 0.0596 e. The molecular formula is C17H32N4O. The maximum atomic E-state index is 5.59. The maximum Gasteiger partial charge on any atom is 0.0596 e. The van der Waals surface area contributed by atoms with Gasteiger partial charge in [0.2, 0.25) is 0 Å². The zero-order valence-corrected chi connectivity index (χ0v) is 14.7. The van der Waals surface area contributed by atoms with E-state index in [2.05, 4.69) is 53.3 Å². The van der Waals surface area contributed by atoms with Crippen molar-refractivity contribution >= 4 is 0 Å². The van der Waals surface area contributed by atoms with E-state index in [1.165, 1.54) is 5.69 Å². The molecule has 5 nitrogen and oxygen atoms in total. The standard InChI is InChI=1S/C17H32N4O/c1-5-11-22-12-10-19-6-8-20(9-7-19)17(4)14-21-16(3)13-15(2)18-21/h13,17H,5-12,14H2,1-4H3. The molecule has 1 unspecified atom stereocenters. The first-order valence-electron chi connectivity index (χ1n) is 8.65. The van der Waals surface area contributed by atoms with Gasteiger partial charge < -0.3 is 4.74 Å². The van der Waals surface area contributed by atoms with Gasteiger partial charge in [-0.1, -0.05) is 6.92 Å². The summed E-state index contributed by atoms with van der Waals surface area (Å²) in [7, 11) is 0. The fraction of sp³-hybridized carbons (Fsp3) is 0.824. The lowest BCUT2D eigenvalue weighted by atomic mass is 10.2. The van der Waals surface area contributed by atoms with Crippen molar-refractivity contribution in [2.75, 3.05) is 45.9 Å². The van der Waals surface area contributed by atoms with Crippen molar-refractivity contribution in [3.63, 3.8) is 0 Å². The van der Waals surface area contributed by atoms with Crippen molar-refractivity contribution in [3.8, 4) is 0 Å². The minimum absolute atomic E-state index is 0.538. The highest BCUT2D eigenvalue weighted by molar-refractivity contribution is 5.06. The average molecular weight is 308 g/mol. The minimum atomic E-state index is 0.538. The van der Waals surface area contributed by atoms with Crippen LogP contribution in [0.15, 0.2) is 6.07 Å². The van der Waals surface area contributed by atoms with Gasteiger partial charge in [-0.2, -0.15) is 5.10 Å². The van der Waals surface area contributed by atoms with Crippen LogP contribution < -0.4 is 0 Å². The SMILES string of the molecule is CCCOCCN1CCN(C(C)Cn2nc(C)cc2C)CC1. The number of hydrogen-bond acceptors (Lipinski definition) is 4. The van der Waals surface area contributed by atoms with Gasteiger partial charge in [-0.3, -0.25) is 14.5 Å². The van der Waals surface area contributed by atoms with Gasteiger partial charge in [0.25, 0.3) is 0 Å². The van der Waals surface area contributed by atoms with E-state index in [1.807, 2.05) is 0 Å². The summed E-state index contributed by atoms with van der Waals surface area (Å²) in [6.07, 6.45) is 1.11. The molecule has 1 atom stereocenters. The summed E-state index contributed by atoms with van der Waals surface area (Å²) >= 11 is 0. The van der Waals surface area contributed by atoms with E-state index in [1.54, 1.807) is 0 Å². The van der Waals surface area contributed by atoms with Crippen molar-refractivity contribution in [2.24, 2.45) is 0 Å². The largest absolute Gasteiger partial charge is 0.380 e. The summed E-state index contributed by atoms with van der Waals surface area (Å²) in [6, 6.07) is 2.69. The highest BCUT2D eigenvalue weighted by Crippen LogP contribution is 2.10. The lowest BCUT2D eigenvalue weighted by Gasteiger charge is -2.38. The Morgan fingerprint density at radius 1 is 1.18 bits per heavy atom. The third kappa shape index (κ3) is 5.07. The number of piperazine rings is 1. The first-order chi connectivity index (χ1) is 10.6. The number of aromatic nitrogens is 2. The zero-order chi connectivity index (χ0) is 15.9. The molecule has 2 rings (SSSR count). The van der Waals surface area contributed by atoms with Gasteiger partial charge in [-0.25, -0.2) is 0 Å². The highest BCUT2D eigenvalue weighted by atomic mass is 16.5. The molecule has 0 saturated carbocycles. The second kappa shape index (κ2) is 8.65. The van der Waals surface area contributed by atoms with Crippen molar-refractivity contribution in [2.45, 2.75) is 46.7 Å². The van der Waals surface area contributed by atoms with Crippen LogP contribution in [0.2, 0.25) is 0 Å². The van der Waals surface area contributed by atoms with E-state index in [-0.39, 0.29) is 0 Å². The molecule has 126 valence electrons. The van der Waals surface area contributed by atoms with Gasteiger partial charge in [-0.05, 0) is 33.3 Å². The van der Waals surface area contributed by atoms with Crippen LogP contribution in [-0.4, -0.2) is 71.6 Å². The molecule has 1 saturated heterocycles. The van der Waals surface area contributed by atoms with Crippen LogP contribution in [0.5, 0.6) is 0 Å². The van der Waals surface area contributed by atoms with Gasteiger partial charge in [0.05, 0.1) is 18.8 Å². The number of nitrogens with zero attached hydrogens (tertiary/aromatic N) is 4. The minimum Gasteiger partial charge on any atom is -0.380 e. The van der Waals surface area contributed by atoms with Crippen LogP contribution in [-0.2, 0) is 11.3 Å². The Morgan fingerprint density at radius 2 is 1.91 bits per heavy atom. The fourth-order valence-electron chi connectivity index (χ4n) is 3.09. The van der Waals surface area contributed by atoms with Crippen molar-refractivity contribution in [3.05, 3.63) is 17.5 Å². The van der Waals surface area contributed by atoms with Gasteiger partial charge in [0.1, 0.15) is 0 Å². The molecule has 1 fully saturated rings. The molecular weight excluding hydrogens is 276 g/mol. The van der Waals surface area contributed by atoms with E-state index in [9.17, 15) is 0 Å². The van der Waals surface area contributed by atoms with Gasteiger partial charge in [-0.15, -0.1) is 0 Å². The molecule has 0 N–H and O–H groups in total. The van der Waals surface area contributed by atoms with Crippen LogP contribution in [0, 0.1) is 13.8 Å². The van der Waals surface area contributed by atoms with Crippen LogP contribution in [0.3, 0.4) is 0 Å². The number of ether oxygens (including phenoxy) is 1. The van der Waals surface area contributed by atoms with Gasteiger partial charge in [0.15, 0.2) is 0 Å². The Labute approximate surface area is 135 Å². The first-order valence-corrected chi connectivity index (χ1v) is 8.65. The summed E-state index contributed by atoms with van der Waals surface area (Å²) in [4.78, 5) is 5.10. The van der Waals surface area contributed by atoms with E-state index in [0.29, 0.717) is 6.04 Å². The Bertz CT molecular complexity index is 438. The molecule has 0 bridgehead atoms. The summed E-state index contributed by atoms with van der Waals surface area (Å²) in [6.45, 7) is 17.1. The van der Waals surface area contributed by atoms with Crippen LogP contribution in [0.1, 0.15) is 31.7 Å². The predicted molar refractivity (Wildman–Crippen MR) is 90.3 cm³/mol. The highest BCUT2D eigenvalue weighted by Gasteiger charge is 2.21. The summed E-state index contributed by atoms with van der Waals surface area (Å²) in [5.41, 5.74) is 2.37. The normalized spacial score (nSPS) is 18.7. The van der Waals surface area contributed by atoms with E-state index in [4.69, 9.17) is 4.74 Å². The van der Waals surface area contributed by atoms with E-state index in [0.717, 1.165) is 64.6 Å². The summed E-state index contributed by atoms with van der Waals surface area (Å²) in [5.74, 6) is 0. The monoisotopic (exact) mass is 308 g/mol. The topological polar surface area (TPSA) is 33.5 Å². The van der Waals surface area contributed by atoms with Crippen LogP contribution in [0.25, 0.3) is 0 Å². The molecule has 22 heavy (non-hydrogen) atoms. The van der Waals surface area contributed by atoms with Gasteiger partial charge >= 0.3 is 0 Å². The Kier molecular flexibility index (Phi) is 6.86. The molecule has 1 aromatic rings. The third-order valence-electron chi connectivity index (χ3n) is 4.47. The molecule has 2 heterocycles. The molecule has 0 aromatic carbocycles. The third-order valence-corrected chi connectivity index (χ3v) is 4.47. The molecule has 0 amide bonds. The number of hydrogen-bond donors (Lipinski definition) is 0. The first kappa shape index (κ1) is 17.4. The number of aryl methyl sites for hydroxylation is 2. The molecule has 1 aliphatic rings. The van der Waals surface area contributed by atoms with E-state index < -0.39 is 0 Å². The fourth-order valence-corrected chi connectivity index (χ4v) is 3.09. The molecule has 0 aliphatic carbocycles. The van der Waals surface area contributed by atoms with Crippen molar-refractivity contribution in [1.29, 1.82) is 0 Å². The summed E-state index contributed by atoms with van der Waals surface area (Å²) in [5, 5.41) is 4.58. The molecule has 1 aromatic heterocycles. The molecule has 0 radical (unpaired) electrons. The molecule has 5 heteroatoms. The Balaban J connectivity index is 1.70. The second-order valence-corrected chi connectivity index (χ2v) is 6.45. The second-order valence-electron chi connectivity index (χ2n) is 6.45. The predicted octanol–water partition coefficient (Wildman–Crippen LogP) is 1.93. The van der Waals surface area contributed by atoms with Crippen LogP contribution >= 0.6 is 0 Å². The lowest BCUT2D eigenvalue weighted by Crippen LogP contribution is -2.51. The van der Waals surface area contributed by atoms with Crippen molar-refractivity contribution in [1.82, 2.24) is 19.6 Å². The quantitative estimate of drug-likeness (QED) is 0.687. The van der Waals surface area contributed by atoms with Crippen LogP contribution in [0.4, 0.5) is 0 Å². The molecule has 1 aliphatic heterocycles. The lowest BCUT2D eigenvalue weighted by molar-refractivity contribution is 0.0602. The zero-order valence-electron chi connectivity index (χ0n) is 14.7. The summed E-state index contributed by atoms with van der Waals surface area (Å²) < 4.78 is 7.73. The van der Waals surface area contributed by atoms with Crippen molar-refractivity contribution < 1.29 is 4.74 Å². The van der Waals surface area contributed by atoms with Gasteiger partial charge in [0, 0.05) is 51.1 Å². The van der Waals surface area contributed by atoms with E-state index >= 15 is 0 Å². The average Bonchev–Trinajstić information content (AvgIpc) is 2.82. The maximum absolute atomic E-state index is 5.59. The molecule has 0 spiro atoms.